The van der Waals surface area contributed by atoms with E-state index in [9.17, 15) is 19.2 Å². The third kappa shape index (κ3) is 4.47. The van der Waals surface area contributed by atoms with Crippen molar-refractivity contribution < 1.29 is 42.9 Å². The predicted octanol–water partition coefficient (Wildman–Crippen LogP) is 2.96. The number of aryl methyl sites for hydroxylation is 1. The zero-order chi connectivity index (χ0) is 26.4. The lowest BCUT2D eigenvalue weighted by Crippen LogP contribution is -2.39. The van der Waals surface area contributed by atoms with Crippen LogP contribution >= 0.6 is 0 Å². The summed E-state index contributed by atoms with van der Waals surface area (Å²) in [5.41, 5.74) is 2.29. The highest BCUT2D eigenvalue weighted by Crippen LogP contribution is 2.46. The Kier molecular flexibility index (Phi) is 6.47. The monoisotopic (exact) mass is 508 g/mol. The van der Waals surface area contributed by atoms with Crippen molar-refractivity contribution in [3.63, 3.8) is 0 Å². The number of ether oxygens (including phenoxy) is 5. The number of carbonyl (C=O) groups excluding carboxylic acids is 4. The highest BCUT2D eigenvalue weighted by molar-refractivity contribution is 6.29. The average molecular weight is 509 g/mol. The smallest absolute Gasteiger partial charge is 0.312 e. The maximum absolute atomic E-state index is 13.6. The van der Waals surface area contributed by atoms with Crippen molar-refractivity contribution in [2.45, 2.75) is 50.6 Å². The van der Waals surface area contributed by atoms with Gasteiger partial charge in [0.1, 0.15) is 18.0 Å². The standard InChI is InChI=1S/C28H28O9/c1-27(35-10-11-36-27)13-17(29)9-8-16-12-20-23(25(32)19-7-5-4-6-18(19)24(20)31)26-21(16)14-28(34-3,37-26)15-22(30)33-2/h4-7,12H,8-11,13-15H2,1-3H3. The molecule has 1 aliphatic carbocycles. The first kappa shape index (κ1) is 25.3. The van der Waals surface area contributed by atoms with Crippen LogP contribution in [-0.2, 0) is 41.4 Å². The minimum absolute atomic E-state index is 0.0601. The third-order valence-corrected chi connectivity index (χ3v) is 7.20. The normalized spacial score (nSPS) is 21.2. The predicted molar refractivity (Wildman–Crippen MR) is 129 cm³/mol. The molecule has 5 rings (SSSR count). The van der Waals surface area contributed by atoms with E-state index < -0.39 is 17.5 Å². The Morgan fingerprint density at radius 2 is 1.65 bits per heavy atom. The molecule has 0 N–H and O–H groups in total. The van der Waals surface area contributed by atoms with Crippen LogP contribution in [0.1, 0.15) is 69.2 Å². The van der Waals surface area contributed by atoms with E-state index >= 15 is 0 Å². The summed E-state index contributed by atoms with van der Waals surface area (Å²) in [6.07, 6.45) is 0.509. The number of rotatable bonds is 8. The fraction of sp³-hybridized carbons (Fsp3) is 0.429. The van der Waals surface area contributed by atoms with Crippen molar-refractivity contribution >= 4 is 23.3 Å². The van der Waals surface area contributed by atoms with E-state index in [1.165, 1.54) is 14.2 Å². The van der Waals surface area contributed by atoms with Gasteiger partial charge in [0.05, 0.1) is 32.3 Å². The minimum atomic E-state index is -1.40. The Bertz CT molecular complexity index is 1300. The fourth-order valence-corrected chi connectivity index (χ4v) is 5.29. The molecule has 194 valence electrons. The number of hydrogen-bond acceptors (Lipinski definition) is 9. The molecule has 3 aliphatic rings. The molecule has 2 aromatic rings. The fourth-order valence-electron chi connectivity index (χ4n) is 5.29. The summed E-state index contributed by atoms with van der Waals surface area (Å²) in [7, 11) is 2.68. The second-order valence-corrected chi connectivity index (χ2v) is 9.66. The van der Waals surface area contributed by atoms with Crippen LogP contribution in [0.2, 0.25) is 0 Å². The van der Waals surface area contributed by atoms with Gasteiger partial charge >= 0.3 is 5.97 Å². The van der Waals surface area contributed by atoms with E-state index in [4.69, 9.17) is 23.7 Å². The van der Waals surface area contributed by atoms with Crippen molar-refractivity contribution in [2.24, 2.45) is 0 Å². The molecular formula is C28H28O9. The number of benzene rings is 2. The molecule has 0 spiro atoms. The second kappa shape index (κ2) is 9.48. The van der Waals surface area contributed by atoms with E-state index in [1.54, 1.807) is 37.3 Å². The van der Waals surface area contributed by atoms with Gasteiger partial charge in [0.15, 0.2) is 17.4 Å². The van der Waals surface area contributed by atoms with E-state index in [1.807, 2.05) is 0 Å². The van der Waals surface area contributed by atoms with Crippen LogP contribution in [0.25, 0.3) is 0 Å². The number of ketones is 3. The van der Waals surface area contributed by atoms with Gasteiger partial charge in [0.2, 0.25) is 5.79 Å². The van der Waals surface area contributed by atoms with Crippen LogP contribution in [0.3, 0.4) is 0 Å². The molecule has 1 saturated heterocycles. The molecule has 37 heavy (non-hydrogen) atoms. The number of Topliss-reactive ketones (excluding diaryl/α,β-unsaturated/α-hetero) is 1. The van der Waals surface area contributed by atoms with Gasteiger partial charge in [-0.3, -0.25) is 19.2 Å². The second-order valence-electron chi connectivity index (χ2n) is 9.66. The first-order chi connectivity index (χ1) is 17.7. The molecule has 0 radical (unpaired) electrons. The molecule has 0 bridgehead atoms. The van der Waals surface area contributed by atoms with Crippen molar-refractivity contribution in [2.75, 3.05) is 27.4 Å². The van der Waals surface area contributed by atoms with Gasteiger partial charge in [-0.25, -0.2) is 0 Å². The highest BCUT2D eigenvalue weighted by atomic mass is 16.7. The SMILES string of the molecule is COC(=O)CC1(OC)Cc2c(CCC(=O)CC3(C)OCCO3)cc3c(c2O1)C(=O)c1ccccc1C3=O. The summed E-state index contributed by atoms with van der Waals surface area (Å²) in [5.74, 6) is -3.36. The first-order valence-electron chi connectivity index (χ1n) is 12.2. The molecule has 1 fully saturated rings. The molecule has 9 heteroatoms. The molecule has 1 unspecified atom stereocenters. The van der Waals surface area contributed by atoms with Crippen molar-refractivity contribution in [3.05, 3.63) is 63.7 Å². The molecular weight excluding hydrogens is 480 g/mol. The minimum Gasteiger partial charge on any atom is -0.469 e. The van der Waals surface area contributed by atoms with Crippen molar-refractivity contribution in [1.29, 1.82) is 0 Å². The van der Waals surface area contributed by atoms with Crippen LogP contribution in [0.15, 0.2) is 30.3 Å². The number of fused-ring (bicyclic) bond motifs is 4. The lowest BCUT2D eigenvalue weighted by molar-refractivity contribution is -0.176. The van der Waals surface area contributed by atoms with Gasteiger partial charge in [-0.1, -0.05) is 24.3 Å². The number of hydrogen-bond donors (Lipinski definition) is 0. The summed E-state index contributed by atoms with van der Waals surface area (Å²) in [6, 6.07) is 8.31. The van der Waals surface area contributed by atoms with Crippen LogP contribution in [0.5, 0.6) is 5.75 Å². The lowest BCUT2D eigenvalue weighted by Gasteiger charge is -2.26. The van der Waals surface area contributed by atoms with E-state index in [0.717, 1.165) is 0 Å². The van der Waals surface area contributed by atoms with Crippen LogP contribution in [-0.4, -0.2) is 62.3 Å². The quantitative estimate of drug-likeness (QED) is 0.424. The zero-order valence-electron chi connectivity index (χ0n) is 21.0. The summed E-state index contributed by atoms with van der Waals surface area (Å²) >= 11 is 0. The van der Waals surface area contributed by atoms with Crippen LogP contribution < -0.4 is 4.74 Å². The Hall–Kier alpha value is -3.40. The third-order valence-electron chi connectivity index (χ3n) is 7.20. The van der Waals surface area contributed by atoms with Gasteiger partial charge in [0.25, 0.3) is 0 Å². The zero-order valence-corrected chi connectivity index (χ0v) is 21.0. The molecule has 0 amide bonds. The molecule has 1 atom stereocenters. The summed E-state index contributed by atoms with van der Waals surface area (Å²) < 4.78 is 27.8. The van der Waals surface area contributed by atoms with Crippen LogP contribution in [0, 0.1) is 0 Å². The summed E-state index contributed by atoms with van der Waals surface area (Å²) in [6.45, 7) is 2.62. The Labute approximate surface area is 214 Å². The Morgan fingerprint density at radius 1 is 0.973 bits per heavy atom. The summed E-state index contributed by atoms with van der Waals surface area (Å²) in [4.78, 5) is 52.0. The Morgan fingerprint density at radius 3 is 2.30 bits per heavy atom. The Balaban J connectivity index is 1.53. The number of methoxy groups -OCH3 is 2. The molecule has 0 aromatic heterocycles. The van der Waals surface area contributed by atoms with Gasteiger partial charge in [-0.15, -0.1) is 0 Å². The first-order valence-corrected chi connectivity index (χ1v) is 12.2. The molecule has 0 saturated carbocycles. The largest absolute Gasteiger partial charge is 0.469 e. The molecule has 2 aliphatic heterocycles. The van der Waals surface area contributed by atoms with Crippen molar-refractivity contribution in [1.82, 2.24) is 0 Å². The van der Waals surface area contributed by atoms with Gasteiger partial charge in [-0.2, -0.15) is 0 Å². The topological polar surface area (TPSA) is 114 Å². The van der Waals surface area contributed by atoms with E-state index in [2.05, 4.69) is 0 Å². The van der Waals surface area contributed by atoms with E-state index in [-0.39, 0.29) is 59.9 Å². The highest BCUT2D eigenvalue weighted by Gasteiger charge is 2.47. The molecule has 2 aromatic carbocycles. The maximum Gasteiger partial charge on any atom is 0.312 e. The van der Waals surface area contributed by atoms with Crippen molar-refractivity contribution in [3.8, 4) is 5.75 Å². The van der Waals surface area contributed by atoms with Crippen LogP contribution in [0.4, 0.5) is 0 Å². The molecule has 2 heterocycles. The van der Waals surface area contributed by atoms with E-state index in [0.29, 0.717) is 41.9 Å². The average Bonchev–Trinajstić information content (AvgIpc) is 3.49. The number of esters is 1. The summed E-state index contributed by atoms with van der Waals surface area (Å²) in [5, 5.41) is 0. The van der Waals surface area contributed by atoms with Gasteiger partial charge in [0, 0.05) is 42.2 Å². The van der Waals surface area contributed by atoms with Gasteiger partial charge in [-0.05, 0) is 25.0 Å². The molecule has 9 nitrogen and oxygen atoms in total. The number of carbonyl (C=O) groups is 4. The van der Waals surface area contributed by atoms with Gasteiger partial charge < -0.3 is 23.7 Å². The maximum atomic E-state index is 13.6. The lowest BCUT2D eigenvalue weighted by atomic mass is 9.80.